The zero-order chi connectivity index (χ0) is 15.4. The summed E-state index contributed by atoms with van der Waals surface area (Å²) < 4.78 is 2.16. The summed E-state index contributed by atoms with van der Waals surface area (Å²) in [5.74, 6) is 0.102. The monoisotopic (exact) mass is 297 g/mol. The fourth-order valence-electron chi connectivity index (χ4n) is 3.21. The van der Waals surface area contributed by atoms with E-state index in [1.54, 1.807) is 0 Å². The van der Waals surface area contributed by atoms with E-state index in [2.05, 4.69) is 40.2 Å². The van der Waals surface area contributed by atoms with Gasteiger partial charge in [0.25, 0.3) is 0 Å². The molecule has 3 rings (SSSR count). The van der Waals surface area contributed by atoms with E-state index in [0.29, 0.717) is 19.1 Å². The van der Waals surface area contributed by atoms with Crippen LogP contribution in [0.4, 0.5) is 0 Å². The summed E-state index contributed by atoms with van der Waals surface area (Å²) in [5, 5.41) is 3.02. The zero-order valence-electron chi connectivity index (χ0n) is 13.0. The largest absolute Gasteiger partial charge is 0.353 e. The minimum atomic E-state index is 0.102. The topological polar surface area (TPSA) is 37.3 Å². The summed E-state index contributed by atoms with van der Waals surface area (Å²) >= 11 is 0. The third kappa shape index (κ3) is 3.39. The molecule has 0 unspecified atom stereocenters. The number of carbonyl (C=O) groups excluding carboxylic acids is 1. The van der Waals surface area contributed by atoms with Crippen LogP contribution >= 0.6 is 0 Å². The van der Waals surface area contributed by atoms with Crippen LogP contribution in [0.3, 0.4) is 0 Å². The van der Waals surface area contributed by atoms with Gasteiger partial charge < -0.3 is 9.88 Å². The van der Waals surface area contributed by atoms with Crippen LogP contribution in [-0.4, -0.2) is 28.5 Å². The normalized spacial score (nSPS) is 18.5. The van der Waals surface area contributed by atoms with E-state index in [1.807, 2.05) is 30.3 Å². The average molecular weight is 297 g/mol. The molecule has 0 bridgehead atoms. The number of hydrogen-bond donors (Lipinski definition) is 1. The van der Waals surface area contributed by atoms with Crippen molar-refractivity contribution in [2.24, 2.45) is 7.05 Å². The number of carbonyl (C=O) groups is 1. The van der Waals surface area contributed by atoms with Crippen molar-refractivity contribution in [3.8, 4) is 0 Å². The molecular formula is C18H23N3O. The Morgan fingerprint density at radius 3 is 2.77 bits per heavy atom. The summed E-state index contributed by atoms with van der Waals surface area (Å²) in [6, 6.07) is 14.6. The molecule has 0 spiro atoms. The molecule has 0 radical (unpaired) electrons. The highest BCUT2D eigenvalue weighted by atomic mass is 16.2. The third-order valence-electron chi connectivity index (χ3n) is 4.37. The highest BCUT2D eigenvalue weighted by Gasteiger charge is 2.28. The van der Waals surface area contributed by atoms with Crippen LogP contribution in [0.25, 0.3) is 0 Å². The maximum Gasteiger partial charge on any atom is 0.234 e. The maximum atomic E-state index is 12.2. The first-order chi connectivity index (χ1) is 10.7. The molecule has 1 saturated heterocycles. The van der Waals surface area contributed by atoms with E-state index >= 15 is 0 Å². The van der Waals surface area contributed by atoms with Crippen molar-refractivity contribution in [2.45, 2.75) is 25.4 Å². The van der Waals surface area contributed by atoms with Gasteiger partial charge in [0.1, 0.15) is 0 Å². The van der Waals surface area contributed by atoms with Crippen LogP contribution in [-0.2, 0) is 18.4 Å². The first kappa shape index (κ1) is 14.9. The Morgan fingerprint density at radius 1 is 1.23 bits per heavy atom. The van der Waals surface area contributed by atoms with Crippen molar-refractivity contribution < 1.29 is 4.79 Å². The molecule has 1 aromatic carbocycles. The molecular weight excluding hydrogens is 274 g/mol. The Morgan fingerprint density at radius 2 is 2.05 bits per heavy atom. The van der Waals surface area contributed by atoms with Gasteiger partial charge in [0.15, 0.2) is 0 Å². The summed E-state index contributed by atoms with van der Waals surface area (Å²) in [7, 11) is 2.07. The highest BCUT2D eigenvalue weighted by Crippen LogP contribution is 2.31. The molecule has 1 aliphatic heterocycles. The fourth-order valence-corrected chi connectivity index (χ4v) is 3.21. The molecule has 4 heteroatoms. The van der Waals surface area contributed by atoms with Gasteiger partial charge in [-0.2, -0.15) is 0 Å². The lowest BCUT2D eigenvalue weighted by atomic mass is 10.1. The molecule has 0 saturated carbocycles. The number of nitrogens with one attached hydrogen (secondary N) is 1. The molecule has 1 atom stereocenters. The lowest BCUT2D eigenvalue weighted by molar-refractivity contribution is -0.122. The summed E-state index contributed by atoms with van der Waals surface area (Å²) in [4.78, 5) is 14.5. The molecule has 4 nitrogen and oxygen atoms in total. The number of rotatable bonds is 5. The first-order valence-corrected chi connectivity index (χ1v) is 7.90. The minimum Gasteiger partial charge on any atom is -0.353 e. The molecule has 0 aliphatic carbocycles. The molecule has 116 valence electrons. The van der Waals surface area contributed by atoms with E-state index in [4.69, 9.17) is 0 Å². The number of hydrogen-bond acceptors (Lipinski definition) is 2. The SMILES string of the molecule is Cn1cccc1[C@H]1CCCN1CC(=O)NCc1ccccc1. The quantitative estimate of drug-likeness (QED) is 0.920. The number of likely N-dealkylation sites (tertiary alicyclic amines) is 1. The Kier molecular flexibility index (Phi) is 4.59. The molecule has 1 amide bonds. The van der Waals surface area contributed by atoms with Crippen molar-refractivity contribution in [1.82, 2.24) is 14.8 Å². The summed E-state index contributed by atoms with van der Waals surface area (Å²) in [5.41, 5.74) is 2.43. The molecule has 1 aliphatic rings. The average Bonchev–Trinajstić information content (AvgIpc) is 3.15. The van der Waals surface area contributed by atoms with Crippen LogP contribution < -0.4 is 5.32 Å². The molecule has 1 aromatic heterocycles. The van der Waals surface area contributed by atoms with Gasteiger partial charge in [-0.15, -0.1) is 0 Å². The lowest BCUT2D eigenvalue weighted by Crippen LogP contribution is -2.37. The third-order valence-corrected chi connectivity index (χ3v) is 4.37. The van der Waals surface area contributed by atoms with E-state index < -0.39 is 0 Å². The van der Waals surface area contributed by atoms with Gasteiger partial charge in [-0.3, -0.25) is 9.69 Å². The number of aryl methyl sites for hydroxylation is 1. The molecule has 1 N–H and O–H groups in total. The van der Waals surface area contributed by atoms with Crippen LogP contribution in [0.1, 0.15) is 30.1 Å². The predicted octanol–water partition coefficient (Wildman–Crippen LogP) is 2.48. The Bertz CT molecular complexity index is 620. The second kappa shape index (κ2) is 6.79. The zero-order valence-corrected chi connectivity index (χ0v) is 13.0. The van der Waals surface area contributed by atoms with E-state index in [9.17, 15) is 4.79 Å². The summed E-state index contributed by atoms with van der Waals surface area (Å²) in [6.45, 7) is 2.07. The van der Waals surface area contributed by atoms with Gasteiger partial charge in [-0.05, 0) is 37.1 Å². The van der Waals surface area contributed by atoms with E-state index in [-0.39, 0.29) is 5.91 Å². The van der Waals surface area contributed by atoms with Crippen molar-refractivity contribution in [2.75, 3.05) is 13.1 Å². The lowest BCUT2D eigenvalue weighted by Gasteiger charge is -2.24. The summed E-state index contributed by atoms with van der Waals surface area (Å²) in [6.07, 6.45) is 4.35. The number of amides is 1. The maximum absolute atomic E-state index is 12.2. The number of nitrogens with zero attached hydrogens (tertiary/aromatic N) is 2. The van der Waals surface area contributed by atoms with Crippen molar-refractivity contribution in [3.05, 3.63) is 59.9 Å². The highest BCUT2D eigenvalue weighted by molar-refractivity contribution is 5.78. The Labute approximate surface area is 131 Å². The van der Waals surface area contributed by atoms with Gasteiger partial charge in [-0.1, -0.05) is 30.3 Å². The van der Waals surface area contributed by atoms with E-state index in [0.717, 1.165) is 24.9 Å². The second-order valence-corrected chi connectivity index (χ2v) is 5.93. The Hall–Kier alpha value is -2.07. The van der Waals surface area contributed by atoms with Crippen LogP contribution in [0, 0.1) is 0 Å². The standard InChI is InChI=1S/C18H23N3O/c1-20-11-5-9-16(20)17-10-6-12-21(17)14-18(22)19-13-15-7-3-2-4-8-15/h2-5,7-9,11,17H,6,10,12-14H2,1H3,(H,19,22)/t17-/m1/s1. The van der Waals surface area contributed by atoms with Crippen molar-refractivity contribution in [1.29, 1.82) is 0 Å². The molecule has 22 heavy (non-hydrogen) atoms. The number of aromatic nitrogens is 1. The molecule has 2 aromatic rings. The van der Waals surface area contributed by atoms with E-state index in [1.165, 1.54) is 5.69 Å². The van der Waals surface area contributed by atoms with Crippen molar-refractivity contribution in [3.63, 3.8) is 0 Å². The molecule has 1 fully saturated rings. The minimum absolute atomic E-state index is 0.102. The van der Waals surface area contributed by atoms with Gasteiger partial charge >= 0.3 is 0 Å². The van der Waals surface area contributed by atoms with Gasteiger partial charge in [0, 0.05) is 25.5 Å². The first-order valence-electron chi connectivity index (χ1n) is 7.90. The Balaban J connectivity index is 1.55. The van der Waals surface area contributed by atoms with Crippen LogP contribution in [0.5, 0.6) is 0 Å². The van der Waals surface area contributed by atoms with Gasteiger partial charge in [0.05, 0.1) is 12.6 Å². The van der Waals surface area contributed by atoms with Crippen LogP contribution in [0.2, 0.25) is 0 Å². The number of benzene rings is 1. The fraction of sp³-hybridized carbons (Fsp3) is 0.389. The predicted molar refractivity (Wildman–Crippen MR) is 87.2 cm³/mol. The van der Waals surface area contributed by atoms with Gasteiger partial charge in [0.2, 0.25) is 5.91 Å². The van der Waals surface area contributed by atoms with Crippen LogP contribution in [0.15, 0.2) is 48.7 Å². The smallest absolute Gasteiger partial charge is 0.234 e. The second-order valence-electron chi connectivity index (χ2n) is 5.93. The molecule has 2 heterocycles. The van der Waals surface area contributed by atoms with Crippen molar-refractivity contribution >= 4 is 5.91 Å². The van der Waals surface area contributed by atoms with Gasteiger partial charge in [-0.25, -0.2) is 0 Å².